The summed E-state index contributed by atoms with van der Waals surface area (Å²) >= 11 is 0. The molecule has 0 radical (unpaired) electrons. The lowest BCUT2D eigenvalue weighted by atomic mass is 9.94. The Labute approximate surface area is 180 Å². The number of ether oxygens (including phenoxy) is 1. The lowest BCUT2D eigenvalue weighted by Crippen LogP contribution is -2.24. The van der Waals surface area contributed by atoms with Crippen molar-refractivity contribution in [2.24, 2.45) is 0 Å². The molecule has 0 aliphatic rings. The van der Waals surface area contributed by atoms with E-state index in [-0.39, 0.29) is 24.2 Å². The largest absolute Gasteiger partial charge is 0.496 e. The number of carboxylic acid groups (broad SMARTS) is 1. The minimum Gasteiger partial charge on any atom is -0.496 e. The summed E-state index contributed by atoms with van der Waals surface area (Å²) in [5.41, 5.74) is 0.517. The van der Waals surface area contributed by atoms with E-state index in [1.54, 1.807) is 18.2 Å². The second-order valence-corrected chi connectivity index (χ2v) is 6.75. The molecule has 1 amide bonds. The van der Waals surface area contributed by atoms with E-state index < -0.39 is 23.6 Å². The maximum atomic E-state index is 13.3. The summed E-state index contributed by atoms with van der Waals surface area (Å²) in [7, 11) is 1.40. The lowest BCUT2D eigenvalue weighted by Gasteiger charge is -2.17. The van der Waals surface area contributed by atoms with Gasteiger partial charge in [-0.2, -0.15) is 13.2 Å². The molecule has 1 heterocycles. The van der Waals surface area contributed by atoms with Crippen molar-refractivity contribution in [2.45, 2.75) is 19.1 Å². The smallest absolute Gasteiger partial charge is 0.416 e. The average molecular weight is 445 g/mol. The number of rotatable bonds is 7. The molecule has 2 aromatic carbocycles. The molecule has 0 atom stereocenters. The molecule has 0 fully saturated rings. The van der Waals surface area contributed by atoms with Crippen LogP contribution < -0.4 is 10.1 Å². The van der Waals surface area contributed by atoms with Gasteiger partial charge in [-0.15, -0.1) is 0 Å². The Balaban J connectivity index is 2.04. The number of methoxy groups -OCH3 is 1. The minimum atomic E-state index is -4.59. The van der Waals surface area contributed by atoms with Gasteiger partial charge in [0.2, 0.25) is 0 Å². The summed E-state index contributed by atoms with van der Waals surface area (Å²) in [6, 6.07) is 7.80. The number of hydrogen-bond acceptors (Lipinski definition) is 5. The van der Waals surface area contributed by atoms with Crippen molar-refractivity contribution in [1.29, 1.82) is 0 Å². The van der Waals surface area contributed by atoms with E-state index in [0.717, 1.165) is 12.1 Å². The van der Waals surface area contributed by atoms with Gasteiger partial charge in [0, 0.05) is 24.5 Å². The number of hydrogen-bond donors (Lipinski definition) is 2. The van der Waals surface area contributed by atoms with Crippen LogP contribution in [0.1, 0.15) is 27.2 Å². The number of aromatic nitrogens is 2. The SMILES string of the molecule is COc1ccc(CC(=O)O)cc1-c1ccc(C(F)(F)F)cc1CNC(=O)c1cnccn1. The number of halogens is 3. The molecule has 1 aromatic heterocycles. The predicted octanol–water partition coefficient (Wildman–Crippen LogP) is 3.73. The molecule has 3 rings (SSSR count). The second-order valence-electron chi connectivity index (χ2n) is 6.75. The van der Waals surface area contributed by atoms with Crippen LogP contribution in [0.15, 0.2) is 55.0 Å². The molecule has 0 spiro atoms. The van der Waals surface area contributed by atoms with E-state index >= 15 is 0 Å². The van der Waals surface area contributed by atoms with Crippen LogP contribution in [0.3, 0.4) is 0 Å². The van der Waals surface area contributed by atoms with Gasteiger partial charge in [0.05, 0.1) is 25.3 Å². The number of nitrogens with one attached hydrogen (secondary N) is 1. The van der Waals surface area contributed by atoms with Crippen LogP contribution >= 0.6 is 0 Å². The van der Waals surface area contributed by atoms with Crippen molar-refractivity contribution >= 4 is 11.9 Å². The van der Waals surface area contributed by atoms with Crippen molar-refractivity contribution in [3.05, 3.63) is 77.4 Å². The van der Waals surface area contributed by atoms with Crippen LogP contribution in [0.5, 0.6) is 5.75 Å². The van der Waals surface area contributed by atoms with Gasteiger partial charge in [0.25, 0.3) is 5.91 Å². The van der Waals surface area contributed by atoms with Gasteiger partial charge in [-0.1, -0.05) is 12.1 Å². The summed E-state index contributed by atoms with van der Waals surface area (Å²) < 4.78 is 45.3. The summed E-state index contributed by atoms with van der Waals surface area (Å²) in [5, 5.41) is 11.6. The Morgan fingerprint density at radius 3 is 2.50 bits per heavy atom. The Morgan fingerprint density at radius 2 is 1.88 bits per heavy atom. The van der Waals surface area contributed by atoms with E-state index in [9.17, 15) is 22.8 Å². The molecule has 166 valence electrons. The molecule has 0 saturated heterocycles. The van der Waals surface area contributed by atoms with Crippen LogP contribution in [-0.4, -0.2) is 34.1 Å². The molecular weight excluding hydrogens is 427 g/mol. The number of benzene rings is 2. The van der Waals surface area contributed by atoms with Crippen LogP contribution in [-0.2, 0) is 23.9 Å². The number of carbonyl (C=O) groups excluding carboxylic acids is 1. The third kappa shape index (κ3) is 5.39. The Morgan fingerprint density at radius 1 is 1.09 bits per heavy atom. The van der Waals surface area contributed by atoms with Crippen molar-refractivity contribution < 1.29 is 32.6 Å². The summed E-state index contributed by atoms with van der Waals surface area (Å²) in [6.45, 7) is -0.235. The molecular formula is C22H18F3N3O4. The highest BCUT2D eigenvalue weighted by atomic mass is 19.4. The van der Waals surface area contributed by atoms with Gasteiger partial charge >= 0.3 is 12.1 Å². The van der Waals surface area contributed by atoms with Gasteiger partial charge in [0.1, 0.15) is 11.4 Å². The zero-order valence-corrected chi connectivity index (χ0v) is 16.8. The quantitative estimate of drug-likeness (QED) is 0.575. The highest BCUT2D eigenvalue weighted by Crippen LogP contribution is 2.37. The molecule has 0 aliphatic heterocycles. The molecule has 2 N–H and O–H groups in total. The van der Waals surface area contributed by atoms with Gasteiger partial charge in [-0.3, -0.25) is 14.6 Å². The highest BCUT2D eigenvalue weighted by Gasteiger charge is 2.31. The molecule has 10 heteroatoms. The maximum Gasteiger partial charge on any atom is 0.416 e. The minimum absolute atomic E-state index is 0.0158. The van der Waals surface area contributed by atoms with Crippen LogP contribution in [0.2, 0.25) is 0 Å². The number of amides is 1. The van der Waals surface area contributed by atoms with Crippen molar-refractivity contribution in [3.8, 4) is 16.9 Å². The lowest BCUT2D eigenvalue weighted by molar-refractivity contribution is -0.138. The zero-order chi connectivity index (χ0) is 23.3. The predicted molar refractivity (Wildman–Crippen MR) is 108 cm³/mol. The topological polar surface area (TPSA) is 101 Å². The van der Waals surface area contributed by atoms with E-state index in [1.165, 1.54) is 31.8 Å². The van der Waals surface area contributed by atoms with Crippen molar-refractivity contribution in [3.63, 3.8) is 0 Å². The van der Waals surface area contributed by atoms with Gasteiger partial charge in [-0.25, -0.2) is 4.98 Å². The van der Waals surface area contributed by atoms with E-state index in [4.69, 9.17) is 9.84 Å². The Bertz CT molecular complexity index is 1140. The van der Waals surface area contributed by atoms with Gasteiger partial charge in [-0.05, 0) is 41.0 Å². The van der Waals surface area contributed by atoms with E-state index in [0.29, 0.717) is 22.4 Å². The number of nitrogens with zero attached hydrogens (tertiary/aromatic N) is 2. The third-order valence-electron chi connectivity index (χ3n) is 4.58. The van der Waals surface area contributed by atoms with Crippen LogP contribution in [0.4, 0.5) is 13.2 Å². The normalized spacial score (nSPS) is 11.1. The summed E-state index contributed by atoms with van der Waals surface area (Å²) in [5.74, 6) is -1.31. The molecule has 0 bridgehead atoms. The second kappa shape index (κ2) is 9.46. The summed E-state index contributed by atoms with van der Waals surface area (Å²) in [6.07, 6.45) is -0.907. The monoisotopic (exact) mass is 445 g/mol. The van der Waals surface area contributed by atoms with Crippen molar-refractivity contribution in [2.75, 3.05) is 7.11 Å². The van der Waals surface area contributed by atoms with Crippen LogP contribution in [0, 0.1) is 0 Å². The zero-order valence-electron chi connectivity index (χ0n) is 16.8. The number of alkyl halides is 3. The van der Waals surface area contributed by atoms with Crippen LogP contribution in [0.25, 0.3) is 11.1 Å². The summed E-state index contributed by atoms with van der Waals surface area (Å²) in [4.78, 5) is 31.1. The fourth-order valence-corrected chi connectivity index (χ4v) is 3.11. The fraction of sp³-hybridized carbons (Fsp3) is 0.182. The van der Waals surface area contributed by atoms with Gasteiger partial charge in [0.15, 0.2) is 0 Å². The molecule has 0 unspecified atom stereocenters. The first-order valence-electron chi connectivity index (χ1n) is 9.32. The van der Waals surface area contributed by atoms with E-state index in [1.807, 2.05) is 0 Å². The third-order valence-corrected chi connectivity index (χ3v) is 4.58. The standard InChI is InChI=1S/C22H18F3N3O4/c1-32-19-5-2-13(9-20(29)30)8-17(19)16-4-3-15(22(23,24)25)10-14(16)11-28-21(31)18-12-26-6-7-27-18/h2-8,10,12H,9,11H2,1H3,(H,28,31)(H,29,30). The molecule has 7 nitrogen and oxygen atoms in total. The molecule has 32 heavy (non-hydrogen) atoms. The molecule has 0 saturated carbocycles. The maximum absolute atomic E-state index is 13.3. The number of carbonyl (C=O) groups is 2. The van der Waals surface area contributed by atoms with E-state index in [2.05, 4.69) is 15.3 Å². The fourth-order valence-electron chi connectivity index (χ4n) is 3.11. The first-order valence-corrected chi connectivity index (χ1v) is 9.32. The first kappa shape index (κ1) is 22.7. The molecule has 3 aromatic rings. The molecule has 0 aliphatic carbocycles. The number of aliphatic carboxylic acids is 1. The Hall–Kier alpha value is -3.95. The first-order chi connectivity index (χ1) is 15.2. The highest BCUT2D eigenvalue weighted by molar-refractivity contribution is 5.92. The van der Waals surface area contributed by atoms with Gasteiger partial charge < -0.3 is 15.2 Å². The Kier molecular flexibility index (Phi) is 6.72. The average Bonchev–Trinajstić information content (AvgIpc) is 2.76. The number of carboxylic acids is 1. The van der Waals surface area contributed by atoms with Crippen molar-refractivity contribution in [1.82, 2.24) is 15.3 Å².